The quantitative estimate of drug-likeness (QED) is 0.781. The molecule has 0 amide bonds. The second-order valence-corrected chi connectivity index (χ2v) is 3.67. The molecule has 0 unspecified atom stereocenters. The first kappa shape index (κ1) is 10.2. The molecule has 0 aliphatic heterocycles. The number of fused-ring (bicyclic) bond motifs is 1. The van der Waals surface area contributed by atoms with E-state index in [1.165, 1.54) is 0 Å². The van der Waals surface area contributed by atoms with Crippen molar-refractivity contribution in [1.82, 2.24) is 4.57 Å². The van der Waals surface area contributed by atoms with Gasteiger partial charge < -0.3 is 14.8 Å². The van der Waals surface area contributed by atoms with Gasteiger partial charge in [0.15, 0.2) is 0 Å². The molecule has 0 spiro atoms. The molecule has 2 rings (SSSR count). The lowest BCUT2D eigenvalue weighted by Gasteiger charge is -2.12. The van der Waals surface area contributed by atoms with E-state index >= 15 is 0 Å². The number of aliphatic hydroxyl groups is 2. The summed E-state index contributed by atoms with van der Waals surface area (Å²) in [5, 5.41) is 19.2. The Morgan fingerprint density at radius 3 is 2.67 bits per heavy atom. The molecule has 1 radical (unpaired) electrons. The van der Waals surface area contributed by atoms with Crippen molar-refractivity contribution in [2.45, 2.75) is 6.54 Å². The minimum absolute atomic E-state index is 0.00313. The highest BCUT2D eigenvalue weighted by Gasteiger charge is 2.08. The number of para-hydroxylation sites is 1. The van der Waals surface area contributed by atoms with Gasteiger partial charge in [-0.15, -0.1) is 0 Å². The third kappa shape index (κ3) is 2.03. The van der Waals surface area contributed by atoms with Crippen LogP contribution in [0.15, 0.2) is 30.3 Å². The van der Waals surface area contributed by atoms with Crippen molar-refractivity contribution in [1.29, 1.82) is 0 Å². The first-order valence-electron chi connectivity index (χ1n) is 5.03. The number of aromatic nitrogens is 1. The summed E-state index contributed by atoms with van der Waals surface area (Å²) in [6.07, 6.45) is 3.11. The predicted octanol–water partition coefficient (Wildman–Crippen LogP) is 1.04. The molecule has 0 fully saturated rings. The zero-order valence-electron chi connectivity index (χ0n) is 8.43. The highest BCUT2D eigenvalue weighted by molar-refractivity contribution is 5.79. The number of aliphatic hydroxyl groups excluding tert-OH is 2. The van der Waals surface area contributed by atoms with E-state index in [2.05, 4.69) is 6.20 Å². The highest BCUT2D eigenvalue weighted by Crippen LogP contribution is 2.15. The van der Waals surface area contributed by atoms with Crippen LogP contribution in [0.2, 0.25) is 0 Å². The Labute approximate surface area is 88.6 Å². The summed E-state index contributed by atoms with van der Waals surface area (Å²) < 4.78 is 1.94. The van der Waals surface area contributed by atoms with Gasteiger partial charge in [0.1, 0.15) is 0 Å². The molecule has 1 heterocycles. The molecule has 15 heavy (non-hydrogen) atoms. The average molecular weight is 204 g/mol. The van der Waals surface area contributed by atoms with Gasteiger partial charge in [-0.25, -0.2) is 0 Å². The highest BCUT2D eigenvalue weighted by atomic mass is 16.3. The van der Waals surface area contributed by atoms with Gasteiger partial charge in [0.2, 0.25) is 0 Å². The Morgan fingerprint density at radius 1 is 1.20 bits per heavy atom. The summed E-state index contributed by atoms with van der Waals surface area (Å²) >= 11 is 0. The molecule has 2 aromatic rings. The van der Waals surface area contributed by atoms with Crippen molar-refractivity contribution in [3.8, 4) is 0 Å². The molecule has 79 valence electrons. The zero-order valence-corrected chi connectivity index (χ0v) is 8.43. The number of hydrogen-bond donors (Lipinski definition) is 2. The fourth-order valence-corrected chi connectivity index (χ4v) is 1.65. The molecule has 0 saturated carbocycles. The van der Waals surface area contributed by atoms with Gasteiger partial charge in [-0.3, -0.25) is 0 Å². The van der Waals surface area contributed by atoms with E-state index in [0.717, 1.165) is 10.9 Å². The lowest BCUT2D eigenvalue weighted by molar-refractivity contribution is 0.138. The molecule has 3 heteroatoms. The molecule has 1 aromatic heterocycles. The zero-order chi connectivity index (χ0) is 10.7. The first-order valence-corrected chi connectivity index (χ1v) is 5.03. The van der Waals surface area contributed by atoms with Crippen molar-refractivity contribution < 1.29 is 10.2 Å². The fourth-order valence-electron chi connectivity index (χ4n) is 1.65. The smallest absolute Gasteiger partial charge is 0.0659 e. The summed E-state index contributed by atoms with van der Waals surface area (Å²) in [7, 11) is 0. The van der Waals surface area contributed by atoms with Gasteiger partial charge >= 0.3 is 0 Å². The second-order valence-electron chi connectivity index (χ2n) is 3.67. The van der Waals surface area contributed by atoms with Gasteiger partial charge in [0.25, 0.3) is 0 Å². The molecule has 1 aromatic carbocycles. The van der Waals surface area contributed by atoms with E-state index in [4.69, 9.17) is 10.2 Å². The molecule has 0 aliphatic rings. The van der Waals surface area contributed by atoms with E-state index in [-0.39, 0.29) is 19.1 Å². The van der Waals surface area contributed by atoms with Crippen LogP contribution in [0.3, 0.4) is 0 Å². The van der Waals surface area contributed by atoms with Crippen LogP contribution in [0.25, 0.3) is 10.9 Å². The topological polar surface area (TPSA) is 45.4 Å². The average Bonchev–Trinajstić information content (AvgIpc) is 2.69. The van der Waals surface area contributed by atoms with E-state index in [9.17, 15) is 0 Å². The molecular weight excluding hydrogens is 190 g/mol. The van der Waals surface area contributed by atoms with Crippen LogP contribution < -0.4 is 0 Å². The summed E-state index contributed by atoms with van der Waals surface area (Å²) in [4.78, 5) is 0. The lowest BCUT2D eigenvalue weighted by Crippen LogP contribution is -2.17. The second kappa shape index (κ2) is 4.47. The number of benzene rings is 1. The van der Waals surface area contributed by atoms with Gasteiger partial charge in [-0.05, 0) is 12.1 Å². The molecule has 0 aliphatic carbocycles. The Kier molecular flexibility index (Phi) is 3.04. The minimum atomic E-state index is -0.114. The Balaban J connectivity index is 2.28. The van der Waals surface area contributed by atoms with Gasteiger partial charge in [0.05, 0.1) is 6.20 Å². The van der Waals surface area contributed by atoms with Crippen molar-refractivity contribution in [2.75, 3.05) is 13.2 Å². The maximum atomic E-state index is 9.01. The van der Waals surface area contributed by atoms with Crippen LogP contribution in [-0.4, -0.2) is 28.0 Å². The third-order valence-corrected chi connectivity index (χ3v) is 2.56. The fraction of sp³-hybridized carbons (Fsp3) is 0.333. The van der Waals surface area contributed by atoms with Gasteiger partial charge in [-0.2, -0.15) is 0 Å². The van der Waals surface area contributed by atoms with E-state index < -0.39 is 0 Å². The Morgan fingerprint density at radius 2 is 1.93 bits per heavy atom. The molecule has 0 saturated heterocycles. The van der Waals surface area contributed by atoms with E-state index in [1.807, 2.05) is 34.9 Å². The number of hydrogen-bond acceptors (Lipinski definition) is 2. The molecule has 0 atom stereocenters. The Bertz CT molecular complexity index is 432. The standard InChI is InChI=1S/C12H14NO2/c14-8-10(9-15)7-13-6-5-11-3-1-2-4-12(11)13/h1-5,10,14-15H,7-9H2. The maximum Gasteiger partial charge on any atom is 0.0659 e. The SMILES string of the molecule is OCC(CO)Cn1[c]cc2ccccc21. The maximum absolute atomic E-state index is 9.01. The van der Waals surface area contributed by atoms with Crippen molar-refractivity contribution in [2.24, 2.45) is 5.92 Å². The molecule has 2 N–H and O–H groups in total. The normalized spacial score (nSPS) is 11.4. The van der Waals surface area contributed by atoms with Crippen LogP contribution in [0.4, 0.5) is 0 Å². The van der Waals surface area contributed by atoms with Crippen LogP contribution in [-0.2, 0) is 6.54 Å². The monoisotopic (exact) mass is 204 g/mol. The van der Waals surface area contributed by atoms with Crippen molar-refractivity contribution in [3.05, 3.63) is 36.5 Å². The predicted molar refractivity (Wildman–Crippen MR) is 58.4 cm³/mol. The Hall–Kier alpha value is -1.32. The van der Waals surface area contributed by atoms with Crippen molar-refractivity contribution in [3.63, 3.8) is 0 Å². The summed E-state index contributed by atoms with van der Waals surface area (Å²) in [6, 6.07) is 9.91. The molecular formula is C12H14NO2. The minimum Gasteiger partial charge on any atom is -0.396 e. The molecule has 0 bridgehead atoms. The van der Waals surface area contributed by atoms with Crippen LogP contribution >= 0.6 is 0 Å². The number of rotatable bonds is 4. The molecule has 3 nitrogen and oxygen atoms in total. The number of nitrogens with zero attached hydrogens (tertiary/aromatic N) is 1. The van der Waals surface area contributed by atoms with Crippen LogP contribution in [0, 0.1) is 12.1 Å². The summed E-state index contributed by atoms with van der Waals surface area (Å²) in [6.45, 7) is 0.591. The van der Waals surface area contributed by atoms with Gasteiger partial charge in [-0.1, -0.05) is 18.2 Å². The first-order chi connectivity index (χ1) is 7.35. The van der Waals surface area contributed by atoms with Gasteiger partial charge in [0, 0.05) is 36.6 Å². The van der Waals surface area contributed by atoms with Crippen molar-refractivity contribution >= 4 is 10.9 Å². The lowest BCUT2D eigenvalue weighted by atomic mass is 10.2. The van der Waals surface area contributed by atoms with Crippen LogP contribution in [0.5, 0.6) is 0 Å². The summed E-state index contributed by atoms with van der Waals surface area (Å²) in [5.41, 5.74) is 1.09. The van der Waals surface area contributed by atoms with E-state index in [1.54, 1.807) is 0 Å². The van der Waals surface area contributed by atoms with Crippen LogP contribution in [0.1, 0.15) is 0 Å². The third-order valence-electron chi connectivity index (χ3n) is 2.56. The largest absolute Gasteiger partial charge is 0.396 e. The van der Waals surface area contributed by atoms with E-state index in [0.29, 0.717) is 6.54 Å². The summed E-state index contributed by atoms with van der Waals surface area (Å²) in [5.74, 6) is -0.114.